The summed E-state index contributed by atoms with van der Waals surface area (Å²) in [4.78, 5) is 0. The van der Waals surface area contributed by atoms with Crippen LogP contribution in [0.5, 0.6) is 0 Å². The highest BCUT2D eigenvalue weighted by Crippen LogP contribution is 2.18. The van der Waals surface area contributed by atoms with Crippen LogP contribution in [0.15, 0.2) is 0 Å². The van der Waals surface area contributed by atoms with Gasteiger partial charge in [0, 0.05) is 14.2 Å². The van der Waals surface area contributed by atoms with Crippen LogP contribution in [0.4, 0.5) is 0 Å². The molecule has 4 heteroatoms. The van der Waals surface area contributed by atoms with Gasteiger partial charge in [0.2, 0.25) is 0 Å². The van der Waals surface area contributed by atoms with Crippen LogP contribution in [0, 0.1) is 0 Å². The van der Waals surface area contributed by atoms with Gasteiger partial charge in [-0.2, -0.15) is 0 Å². The maximum Gasteiger partial charge on any atom is 0.186 e. The fourth-order valence-corrected chi connectivity index (χ4v) is 4.62. The number of hydrogen-bond donors (Lipinski definition) is 0. The van der Waals surface area contributed by atoms with Crippen molar-refractivity contribution in [2.75, 3.05) is 14.2 Å². The van der Waals surface area contributed by atoms with E-state index < -0.39 is 16.6 Å². The van der Waals surface area contributed by atoms with Gasteiger partial charge in [-0.25, -0.2) is 0 Å². The van der Waals surface area contributed by atoms with Gasteiger partial charge in [-0.3, -0.25) is 0 Å². The number of rotatable bonds is 11. The van der Waals surface area contributed by atoms with E-state index in [1.807, 2.05) is 14.2 Å². The van der Waals surface area contributed by atoms with Crippen LogP contribution in [-0.2, 0) is 8.85 Å². The molecule has 0 N–H and O–H groups in total. The second-order valence-electron chi connectivity index (χ2n) is 6.55. The molecule has 0 fully saturated rings. The lowest BCUT2D eigenvalue weighted by Crippen LogP contribution is -2.28. The summed E-state index contributed by atoms with van der Waals surface area (Å²) in [6.45, 7) is 9.24. The van der Waals surface area contributed by atoms with Crippen molar-refractivity contribution in [2.24, 2.45) is 0 Å². The molecule has 0 spiro atoms. The van der Waals surface area contributed by atoms with Crippen LogP contribution >= 0.6 is 0 Å². The van der Waals surface area contributed by atoms with Gasteiger partial charge in [-0.05, 0) is 38.3 Å². The third kappa shape index (κ3) is 10.3. The topological polar surface area (TPSA) is 18.5 Å². The Labute approximate surface area is 117 Å². The quantitative estimate of drug-likeness (QED) is 0.392. The Kier molecular flexibility index (Phi) is 9.47. The van der Waals surface area contributed by atoms with E-state index in [0.29, 0.717) is 0 Å². The molecule has 0 radical (unpaired) electrons. The molecule has 0 amide bonds. The Morgan fingerprint density at radius 2 is 0.833 bits per heavy atom. The Balaban J connectivity index is 3.32. The van der Waals surface area contributed by atoms with Crippen LogP contribution < -0.4 is 0 Å². The van der Waals surface area contributed by atoms with Crippen LogP contribution in [0.25, 0.3) is 0 Å². The van der Waals surface area contributed by atoms with Gasteiger partial charge >= 0.3 is 0 Å². The highest BCUT2D eigenvalue weighted by molar-refractivity contribution is 6.71. The van der Waals surface area contributed by atoms with Crippen molar-refractivity contribution < 1.29 is 8.85 Å². The predicted molar refractivity (Wildman–Crippen MR) is 86.3 cm³/mol. The summed E-state index contributed by atoms with van der Waals surface area (Å²) in [7, 11) is 1.15. The molecule has 0 saturated heterocycles. The second-order valence-corrected chi connectivity index (χ2v) is 15.4. The number of hydrogen-bond acceptors (Lipinski definition) is 2. The van der Waals surface area contributed by atoms with E-state index in [0.717, 1.165) is 0 Å². The highest BCUT2D eigenvalue weighted by atomic mass is 28.4. The summed E-state index contributed by atoms with van der Waals surface area (Å²) in [5.41, 5.74) is 0. The second kappa shape index (κ2) is 9.29. The zero-order valence-electron chi connectivity index (χ0n) is 13.5. The van der Waals surface area contributed by atoms with Gasteiger partial charge in [-0.15, -0.1) is 0 Å². The van der Waals surface area contributed by atoms with E-state index in [9.17, 15) is 0 Å². The van der Waals surface area contributed by atoms with Gasteiger partial charge in [0.1, 0.15) is 0 Å². The molecule has 0 aliphatic rings. The molecular formula is C14H34O2Si2. The summed E-state index contributed by atoms with van der Waals surface area (Å²) in [6.07, 6.45) is 8.25. The molecule has 0 saturated carbocycles. The average Bonchev–Trinajstić information content (AvgIpc) is 2.32. The molecule has 0 aromatic rings. The Morgan fingerprint density at radius 3 is 1.11 bits per heavy atom. The SMILES string of the molecule is CO[Si](C)(C)CCCCCCCC[Si](C)(C)OC. The van der Waals surface area contributed by atoms with E-state index in [2.05, 4.69) is 26.2 Å². The van der Waals surface area contributed by atoms with Crippen LogP contribution in [0.3, 0.4) is 0 Å². The minimum absolute atomic E-state index is 1.29. The molecule has 0 aromatic heterocycles. The molecule has 0 atom stereocenters. The first-order valence-corrected chi connectivity index (χ1v) is 13.7. The Bertz CT molecular complexity index is 184. The van der Waals surface area contributed by atoms with Gasteiger partial charge in [0.15, 0.2) is 16.6 Å². The van der Waals surface area contributed by atoms with Crippen molar-refractivity contribution in [1.29, 1.82) is 0 Å². The summed E-state index contributed by atoms with van der Waals surface area (Å²) in [6, 6.07) is 2.63. The summed E-state index contributed by atoms with van der Waals surface area (Å²) < 4.78 is 11.1. The highest BCUT2D eigenvalue weighted by Gasteiger charge is 2.20. The molecule has 110 valence electrons. The minimum Gasteiger partial charge on any atom is -0.420 e. The molecule has 0 heterocycles. The molecule has 0 unspecified atom stereocenters. The lowest BCUT2D eigenvalue weighted by molar-refractivity contribution is 0.399. The van der Waals surface area contributed by atoms with Crippen molar-refractivity contribution in [3.05, 3.63) is 0 Å². The van der Waals surface area contributed by atoms with Gasteiger partial charge in [0.25, 0.3) is 0 Å². The van der Waals surface area contributed by atoms with Crippen molar-refractivity contribution >= 4 is 16.6 Å². The van der Waals surface area contributed by atoms with E-state index in [1.165, 1.54) is 50.6 Å². The summed E-state index contributed by atoms with van der Waals surface area (Å²) in [5, 5.41) is 0. The van der Waals surface area contributed by atoms with Crippen molar-refractivity contribution in [2.45, 2.75) is 76.8 Å². The molecule has 0 aliphatic heterocycles. The molecule has 2 nitrogen and oxygen atoms in total. The zero-order chi connectivity index (χ0) is 14.1. The van der Waals surface area contributed by atoms with Gasteiger partial charge < -0.3 is 8.85 Å². The summed E-state index contributed by atoms with van der Waals surface area (Å²) >= 11 is 0. The van der Waals surface area contributed by atoms with Crippen LogP contribution in [0.1, 0.15) is 38.5 Å². The van der Waals surface area contributed by atoms with Crippen molar-refractivity contribution in [3.8, 4) is 0 Å². The van der Waals surface area contributed by atoms with Gasteiger partial charge in [0.05, 0.1) is 0 Å². The summed E-state index contributed by atoms with van der Waals surface area (Å²) in [5.74, 6) is 0. The first-order chi connectivity index (χ1) is 8.33. The maximum absolute atomic E-state index is 5.56. The van der Waals surface area contributed by atoms with Crippen molar-refractivity contribution in [1.82, 2.24) is 0 Å². The third-order valence-electron chi connectivity index (χ3n) is 3.91. The molecule has 18 heavy (non-hydrogen) atoms. The molecule has 0 bridgehead atoms. The minimum atomic E-state index is -1.29. The van der Waals surface area contributed by atoms with E-state index in [1.54, 1.807) is 0 Å². The normalized spacial score (nSPS) is 13.0. The largest absolute Gasteiger partial charge is 0.420 e. The smallest absolute Gasteiger partial charge is 0.186 e. The van der Waals surface area contributed by atoms with E-state index in [4.69, 9.17) is 8.85 Å². The fraction of sp³-hybridized carbons (Fsp3) is 1.00. The zero-order valence-corrected chi connectivity index (χ0v) is 15.5. The molecule has 0 aromatic carbocycles. The molecule has 0 aliphatic carbocycles. The monoisotopic (exact) mass is 290 g/mol. The molecule has 0 rings (SSSR count). The van der Waals surface area contributed by atoms with E-state index >= 15 is 0 Å². The average molecular weight is 291 g/mol. The van der Waals surface area contributed by atoms with E-state index in [-0.39, 0.29) is 0 Å². The maximum atomic E-state index is 5.56. The van der Waals surface area contributed by atoms with Gasteiger partial charge in [-0.1, -0.05) is 38.5 Å². The lowest BCUT2D eigenvalue weighted by Gasteiger charge is -2.20. The predicted octanol–water partition coefficient (Wildman–Crippen LogP) is 5.03. The third-order valence-corrected chi connectivity index (χ3v) is 9.24. The fourth-order valence-electron chi connectivity index (χ4n) is 2.01. The van der Waals surface area contributed by atoms with Crippen molar-refractivity contribution in [3.63, 3.8) is 0 Å². The first kappa shape index (κ1) is 18.4. The standard InChI is InChI=1S/C14H34O2Si2/c1-15-17(3,4)13-11-9-7-8-10-12-14-18(5,6)16-2/h7-14H2,1-6H3. The number of unbranched alkanes of at least 4 members (excludes halogenated alkanes) is 5. The first-order valence-electron chi connectivity index (χ1n) is 7.43. The Hall–Kier alpha value is 0.354. The Morgan fingerprint density at radius 1 is 0.556 bits per heavy atom. The molecular weight excluding hydrogens is 256 g/mol. The lowest BCUT2D eigenvalue weighted by atomic mass is 10.1. The van der Waals surface area contributed by atoms with Crippen LogP contribution in [0.2, 0.25) is 38.3 Å². The van der Waals surface area contributed by atoms with Crippen LogP contribution in [-0.4, -0.2) is 30.9 Å².